The van der Waals surface area contributed by atoms with Crippen molar-refractivity contribution in [2.45, 2.75) is 6.92 Å². The van der Waals surface area contributed by atoms with Crippen LogP contribution in [0.3, 0.4) is 0 Å². The van der Waals surface area contributed by atoms with Crippen LogP contribution < -0.4 is 14.9 Å². The minimum Gasteiger partial charge on any atom is -0.490 e. The number of amides is 1. The molecule has 0 atom stereocenters. The molecule has 31 heavy (non-hydrogen) atoms. The molecule has 1 N–H and O–H groups in total. The first-order chi connectivity index (χ1) is 15.0. The zero-order valence-corrected chi connectivity index (χ0v) is 17.1. The van der Waals surface area contributed by atoms with Gasteiger partial charge in [0.2, 0.25) is 0 Å². The van der Waals surface area contributed by atoms with Gasteiger partial charge in [-0.3, -0.25) is 14.9 Å². The van der Waals surface area contributed by atoms with Gasteiger partial charge in [0.15, 0.2) is 12.4 Å². The molecule has 0 unspecified atom stereocenters. The summed E-state index contributed by atoms with van der Waals surface area (Å²) in [4.78, 5) is 22.7. The van der Waals surface area contributed by atoms with Gasteiger partial charge in [-0.25, -0.2) is 5.43 Å². The fourth-order valence-electron chi connectivity index (χ4n) is 2.82. The molecule has 0 radical (unpaired) electrons. The predicted molar refractivity (Wildman–Crippen MR) is 117 cm³/mol. The van der Waals surface area contributed by atoms with Crippen molar-refractivity contribution in [2.24, 2.45) is 5.10 Å². The second kappa shape index (κ2) is 10.0. The van der Waals surface area contributed by atoms with E-state index in [1.165, 1.54) is 19.2 Å². The van der Waals surface area contributed by atoms with Gasteiger partial charge >= 0.3 is 5.69 Å². The van der Waals surface area contributed by atoms with Gasteiger partial charge < -0.3 is 9.47 Å². The van der Waals surface area contributed by atoms with E-state index in [2.05, 4.69) is 10.5 Å². The summed E-state index contributed by atoms with van der Waals surface area (Å²) in [6.45, 7) is 1.42. The topological polar surface area (TPSA) is 103 Å². The fraction of sp³-hybridized carbons (Fsp3) is 0.130. The van der Waals surface area contributed by atoms with Crippen LogP contribution in [-0.2, 0) is 4.79 Å². The third kappa shape index (κ3) is 5.66. The normalized spacial score (nSPS) is 11.0. The van der Waals surface area contributed by atoms with E-state index < -0.39 is 10.8 Å². The highest BCUT2D eigenvalue weighted by atomic mass is 16.6. The van der Waals surface area contributed by atoms with Crippen molar-refractivity contribution in [2.75, 3.05) is 13.7 Å². The van der Waals surface area contributed by atoms with Gasteiger partial charge in [-0.15, -0.1) is 0 Å². The largest absolute Gasteiger partial charge is 0.490 e. The van der Waals surface area contributed by atoms with Gasteiger partial charge in [0.25, 0.3) is 5.91 Å². The summed E-state index contributed by atoms with van der Waals surface area (Å²) in [5.74, 6) is 0.257. The summed E-state index contributed by atoms with van der Waals surface area (Å²) in [7, 11) is 1.36. The molecule has 0 heterocycles. The van der Waals surface area contributed by atoms with Crippen LogP contribution in [0.1, 0.15) is 12.5 Å². The number of methoxy groups -OCH3 is 1. The highest BCUT2D eigenvalue weighted by Gasteiger charge is 2.16. The molecule has 1 amide bonds. The number of rotatable bonds is 8. The van der Waals surface area contributed by atoms with Crippen molar-refractivity contribution in [3.63, 3.8) is 0 Å². The number of benzene rings is 3. The monoisotopic (exact) mass is 419 g/mol. The number of hydrogen-bond acceptors (Lipinski definition) is 6. The summed E-state index contributed by atoms with van der Waals surface area (Å²) in [5, 5.41) is 15.1. The maximum absolute atomic E-state index is 12.0. The van der Waals surface area contributed by atoms with Crippen LogP contribution in [0.2, 0.25) is 0 Å². The van der Waals surface area contributed by atoms with Crippen molar-refractivity contribution < 1.29 is 19.2 Å². The quantitative estimate of drug-likeness (QED) is 0.335. The van der Waals surface area contributed by atoms with Crippen LogP contribution in [0, 0.1) is 10.1 Å². The van der Waals surface area contributed by atoms with Crippen molar-refractivity contribution >= 4 is 17.3 Å². The van der Waals surface area contributed by atoms with Crippen LogP contribution >= 0.6 is 0 Å². The van der Waals surface area contributed by atoms with E-state index in [9.17, 15) is 14.9 Å². The molecular formula is C23H21N3O5. The lowest BCUT2D eigenvalue weighted by atomic mass is 10.1. The molecule has 0 aliphatic heterocycles. The molecule has 0 bridgehead atoms. The van der Waals surface area contributed by atoms with Crippen LogP contribution in [0.5, 0.6) is 11.5 Å². The summed E-state index contributed by atoms with van der Waals surface area (Å²) < 4.78 is 10.5. The highest BCUT2D eigenvalue weighted by Crippen LogP contribution is 2.27. The molecule has 0 aliphatic carbocycles. The average Bonchev–Trinajstić information content (AvgIpc) is 2.81. The molecule has 0 fully saturated rings. The first-order valence-electron chi connectivity index (χ1n) is 9.42. The Labute approximate surface area is 179 Å². The van der Waals surface area contributed by atoms with Crippen LogP contribution in [0.4, 0.5) is 5.69 Å². The molecular weight excluding hydrogens is 398 g/mol. The lowest BCUT2D eigenvalue weighted by molar-refractivity contribution is -0.385. The number of carbonyl (C=O) groups is 1. The van der Waals surface area contributed by atoms with E-state index in [0.717, 1.165) is 11.1 Å². The Kier molecular flexibility index (Phi) is 6.95. The second-order valence-corrected chi connectivity index (χ2v) is 6.56. The van der Waals surface area contributed by atoms with E-state index in [-0.39, 0.29) is 18.0 Å². The lowest BCUT2D eigenvalue weighted by Gasteiger charge is -2.08. The van der Waals surface area contributed by atoms with E-state index in [4.69, 9.17) is 9.47 Å². The van der Waals surface area contributed by atoms with Gasteiger partial charge in [-0.1, -0.05) is 42.5 Å². The zero-order valence-electron chi connectivity index (χ0n) is 17.1. The minimum absolute atomic E-state index is 0.150. The smallest absolute Gasteiger partial charge is 0.311 e. The second-order valence-electron chi connectivity index (χ2n) is 6.56. The average molecular weight is 419 g/mol. The molecule has 0 saturated heterocycles. The third-order valence-electron chi connectivity index (χ3n) is 4.47. The zero-order chi connectivity index (χ0) is 22.2. The molecule has 0 saturated carbocycles. The number of nitro benzene ring substituents is 1. The van der Waals surface area contributed by atoms with Crippen molar-refractivity contribution in [3.05, 3.63) is 88.5 Å². The Balaban J connectivity index is 1.57. The fourth-order valence-corrected chi connectivity index (χ4v) is 2.82. The molecule has 3 aromatic carbocycles. The number of hydrazone groups is 1. The number of ether oxygens (including phenoxy) is 2. The SMILES string of the molecule is COc1ccc(/C(C)=N/NC(=O)COc2ccc(-c3ccccc3)cc2)cc1[N+](=O)[O-]. The van der Waals surface area contributed by atoms with Crippen molar-refractivity contribution in [1.82, 2.24) is 5.43 Å². The third-order valence-corrected chi connectivity index (χ3v) is 4.47. The van der Waals surface area contributed by atoms with E-state index in [1.54, 1.807) is 25.1 Å². The number of nitrogens with zero attached hydrogens (tertiary/aromatic N) is 2. The summed E-state index contributed by atoms with van der Waals surface area (Å²) in [6.07, 6.45) is 0. The molecule has 3 rings (SSSR count). The predicted octanol–water partition coefficient (Wildman–Crippen LogP) is 4.19. The van der Waals surface area contributed by atoms with Gasteiger partial charge in [-0.2, -0.15) is 5.10 Å². The number of nitrogens with one attached hydrogen (secondary N) is 1. The maximum atomic E-state index is 12.0. The Bertz CT molecular complexity index is 1100. The van der Waals surface area contributed by atoms with Gasteiger partial charge in [0.05, 0.1) is 17.7 Å². The van der Waals surface area contributed by atoms with E-state index in [0.29, 0.717) is 17.0 Å². The molecule has 158 valence electrons. The Morgan fingerprint density at radius 3 is 2.35 bits per heavy atom. The number of hydrogen-bond donors (Lipinski definition) is 1. The maximum Gasteiger partial charge on any atom is 0.311 e. The van der Waals surface area contributed by atoms with Gasteiger partial charge in [0, 0.05) is 11.6 Å². The molecule has 0 aliphatic rings. The van der Waals surface area contributed by atoms with Gasteiger partial charge in [0.1, 0.15) is 5.75 Å². The molecule has 8 nitrogen and oxygen atoms in total. The standard InChI is InChI=1S/C23H21N3O5/c1-16(19-10-13-22(30-2)21(14-19)26(28)29)24-25-23(27)15-31-20-11-8-18(9-12-20)17-6-4-3-5-7-17/h3-14H,15H2,1-2H3,(H,25,27)/b24-16+. The van der Waals surface area contributed by atoms with Crippen LogP contribution in [0.15, 0.2) is 77.9 Å². The Morgan fingerprint density at radius 2 is 1.71 bits per heavy atom. The first-order valence-corrected chi connectivity index (χ1v) is 9.42. The summed E-state index contributed by atoms with van der Waals surface area (Å²) >= 11 is 0. The Hall–Kier alpha value is -4.20. The number of nitro groups is 1. The summed E-state index contributed by atoms with van der Waals surface area (Å²) in [6, 6.07) is 21.8. The highest BCUT2D eigenvalue weighted by molar-refractivity contribution is 6.00. The van der Waals surface area contributed by atoms with E-state index >= 15 is 0 Å². The molecule has 3 aromatic rings. The van der Waals surface area contributed by atoms with Crippen LogP contribution in [0.25, 0.3) is 11.1 Å². The molecule has 8 heteroatoms. The first kappa shape index (κ1) is 21.5. The van der Waals surface area contributed by atoms with Gasteiger partial charge in [-0.05, 0) is 42.3 Å². The minimum atomic E-state index is -0.537. The number of carbonyl (C=O) groups excluding carboxylic acids is 1. The lowest BCUT2D eigenvalue weighted by Crippen LogP contribution is -2.25. The summed E-state index contributed by atoms with van der Waals surface area (Å²) in [5.41, 5.74) is 5.25. The van der Waals surface area contributed by atoms with Crippen molar-refractivity contribution in [3.8, 4) is 22.6 Å². The van der Waals surface area contributed by atoms with Crippen molar-refractivity contribution in [1.29, 1.82) is 0 Å². The van der Waals surface area contributed by atoms with Crippen LogP contribution in [-0.4, -0.2) is 30.3 Å². The Morgan fingerprint density at radius 1 is 1.03 bits per heavy atom. The molecule has 0 spiro atoms. The molecule has 0 aromatic heterocycles. The van der Waals surface area contributed by atoms with E-state index in [1.807, 2.05) is 42.5 Å².